The Morgan fingerprint density at radius 3 is 2.79 bits per heavy atom. The van der Waals surface area contributed by atoms with Crippen LogP contribution in [-0.2, 0) is 6.54 Å². The summed E-state index contributed by atoms with van der Waals surface area (Å²) in [6.45, 7) is 3.16. The van der Waals surface area contributed by atoms with Gasteiger partial charge in [0.25, 0.3) is 0 Å². The molecule has 1 nitrogen and oxygen atoms in total. The second-order valence-electron chi connectivity index (χ2n) is 4.16. The molecule has 0 atom stereocenters. The van der Waals surface area contributed by atoms with Gasteiger partial charge in [0.2, 0.25) is 0 Å². The molecule has 3 heteroatoms. The molecular weight excluding hydrogens is 261 g/mol. The summed E-state index contributed by atoms with van der Waals surface area (Å²) in [6.07, 6.45) is 2.58. The van der Waals surface area contributed by atoms with E-state index < -0.39 is 0 Å². The van der Waals surface area contributed by atoms with E-state index in [9.17, 15) is 0 Å². The van der Waals surface area contributed by atoms with Crippen molar-refractivity contribution < 1.29 is 0 Å². The van der Waals surface area contributed by atoms with Gasteiger partial charge in [0.1, 0.15) is 0 Å². The Labute approximate surface area is 98.0 Å². The van der Waals surface area contributed by atoms with E-state index in [1.165, 1.54) is 18.4 Å². The standard InChI is InChI=1S/C11H13BrClN/c1-11(4-5-11)14-7-8-2-3-9(12)10(13)6-8/h2-3,6,14H,4-5,7H2,1H3. The van der Waals surface area contributed by atoms with E-state index in [1.54, 1.807) is 0 Å². The second kappa shape index (κ2) is 3.84. The lowest BCUT2D eigenvalue weighted by molar-refractivity contribution is 0.538. The van der Waals surface area contributed by atoms with Gasteiger partial charge in [0, 0.05) is 16.6 Å². The molecule has 0 bridgehead atoms. The van der Waals surface area contributed by atoms with Gasteiger partial charge in [0.15, 0.2) is 0 Å². The van der Waals surface area contributed by atoms with Crippen molar-refractivity contribution in [2.45, 2.75) is 31.8 Å². The Morgan fingerprint density at radius 1 is 1.50 bits per heavy atom. The van der Waals surface area contributed by atoms with Gasteiger partial charge < -0.3 is 5.32 Å². The highest BCUT2D eigenvalue weighted by Gasteiger charge is 2.36. The highest BCUT2D eigenvalue weighted by Crippen LogP contribution is 2.34. The van der Waals surface area contributed by atoms with Crippen molar-refractivity contribution in [2.24, 2.45) is 0 Å². The zero-order valence-corrected chi connectivity index (χ0v) is 10.5. The molecule has 0 unspecified atom stereocenters. The highest BCUT2D eigenvalue weighted by atomic mass is 79.9. The lowest BCUT2D eigenvalue weighted by Crippen LogP contribution is -2.26. The number of benzene rings is 1. The summed E-state index contributed by atoms with van der Waals surface area (Å²) in [5.74, 6) is 0. The molecular formula is C11H13BrClN. The minimum Gasteiger partial charge on any atom is -0.307 e. The topological polar surface area (TPSA) is 12.0 Å². The van der Waals surface area contributed by atoms with Gasteiger partial charge in [-0.2, -0.15) is 0 Å². The van der Waals surface area contributed by atoms with E-state index in [-0.39, 0.29) is 0 Å². The number of halogens is 2. The molecule has 14 heavy (non-hydrogen) atoms. The molecule has 0 saturated heterocycles. The Kier molecular flexibility index (Phi) is 2.87. The Hall–Kier alpha value is -0.0500. The predicted molar refractivity (Wildman–Crippen MR) is 63.6 cm³/mol. The van der Waals surface area contributed by atoms with Crippen molar-refractivity contribution in [3.05, 3.63) is 33.3 Å². The summed E-state index contributed by atoms with van der Waals surface area (Å²) >= 11 is 9.38. The molecule has 1 aliphatic carbocycles. The van der Waals surface area contributed by atoms with Crippen LogP contribution in [0.25, 0.3) is 0 Å². The van der Waals surface area contributed by atoms with Gasteiger partial charge in [-0.3, -0.25) is 0 Å². The lowest BCUT2D eigenvalue weighted by atomic mass is 10.2. The molecule has 1 aromatic carbocycles. The molecule has 76 valence electrons. The van der Waals surface area contributed by atoms with Gasteiger partial charge in [-0.15, -0.1) is 0 Å². The predicted octanol–water partition coefficient (Wildman–Crippen LogP) is 3.74. The van der Waals surface area contributed by atoms with Crippen molar-refractivity contribution in [1.29, 1.82) is 0 Å². The summed E-state index contributed by atoms with van der Waals surface area (Å²) in [7, 11) is 0. The summed E-state index contributed by atoms with van der Waals surface area (Å²) in [5.41, 5.74) is 1.63. The molecule has 0 spiro atoms. The third-order valence-electron chi connectivity index (χ3n) is 2.70. The van der Waals surface area contributed by atoms with Crippen LogP contribution in [0.1, 0.15) is 25.3 Å². The number of hydrogen-bond donors (Lipinski definition) is 1. The van der Waals surface area contributed by atoms with Crippen molar-refractivity contribution in [2.75, 3.05) is 0 Å². The van der Waals surface area contributed by atoms with Crippen molar-refractivity contribution in [3.8, 4) is 0 Å². The van der Waals surface area contributed by atoms with E-state index >= 15 is 0 Å². The molecule has 0 radical (unpaired) electrons. The van der Waals surface area contributed by atoms with Crippen LogP contribution in [0.5, 0.6) is 0 Å². The molecule has 0 aliphatic heterocycles. The summed E-state index contributed by atoms with van der Waals surface area (Å²) in [6, 6.07) is 6.09. The SMILES string of the molecule is CC1(NCc2ccc(Br)c(Cl)c2)CC1. The van der Waals surface area contributed by atoms with E-state index in [1.807, 2.05) is 12.1 Å². The van der Waals surface area contributed by atoms with Crippen molar-refractivity contribution in [1.82, 2.24) is 5.32 Å². The fourth-order valence-corrected chi connectivity index (χ4v) is 1.78. The number of nitrogens with one attached hydrogen (secondary N) is 1. The average Bonchev–Trinajstić information content (AvgIpc) is 2.87. The van der Waals surface area contributed by atoms with Crippen LogP contribution in [0, 0.1) is 0 Å². The summed E-state index contributed by atoms with van der Waals surface area (Å²) in [5, 5.41) is 4.30. The molecule has 1 saturated carbocycles. The van der Waals surface area contributed by atoms with Crippen LogP contribution in [-0.4, -0.2) is 5.54 Å². The lowest BCUT2D eigenvalue weighted by Gasteiger charge is -2.11. The van der Waals surface area contributed by atoms with Crippen LogP contribution in [0.2, 0.25) is 5.02 Å². The number of hydrogen-bond acceptors (Lipinski definition) is 1. The van der Waals surface area contributed by atoms with E-state index in [4.69, 9.17) is 11.6 Å². The Bertz CT molecular complexity index is 347. The summed E-state index contributed by atoms with van der Waals surface area (Å²) < 4.78 is 0.959. The number of rotatable bonds is 3. The zero-order valence-electron chi connectivity index (χ0n) is 8.11. The molecule has 0 amide bonds. The van der Waals surface area contributed by atoms with E-state index in [2.05, 4.69) is 34.2 Å². The maximum Gasteiger partial charge on any atom is 0.0551 e. The van der Waals surface area contributed by atoms with Crippen LogP contribution >= 0.6 is 27.5 Å². The first kappa shape index (κ1) is 10.5. The van der Waals surface area contributed by atoms with Crippen LogP contribution < -0.4 is 5.32 Å². The third kappa shape index (κ3) is 2.50. The molecule has 0 heterocycles. The largest absolute Gasteiger partial charge is 0.307 e. The molecule has 1 aliphatic rings. The molecule has 1 fully saturated rings. The minimum atomic E-state index is 0.388. The van der Waals surface area contributed by atoms with Gasteiger partial charge >= 0.3 is 0 Å². The normalized spacial score (nSPS) is 18.2. The van der Waals surface area contributed by atoms with Crippen LogP contribution in [0.15, 0.2) is 22.7 Å². The van der Waals surface area contributed by atoms with Crippen LogP contribution in [0.4, 0.5) is 0 Å². The van der Waals surface area contributed by atoms with E-state index in [0.29, 0.717) is 5.54 Å². The Morgan fingerprint density at radius 2 is 2.21 bits per heavy atom. The zero-order chi connectivity index (χ0) is 10.2. The Balaban J connectivity index is 1.99. The first-order chi connectivity index (χ1) is 6.59. The smallest absolute Gasteiger partial charge is 0.0551 e. The fraction of sp³-hybridized carbons (Fsp3) is 0.455. The maximum atomic E-state index is 6.00. The first-order valence-electron chi connectivity index (χ1n) is 4.78. The fourth-order valence-electron chi connectivity index (χ4n) is 1.33. The van der Waals surface area contributed by atoms with Crippen molar-refractivity contribution >= 4 is 27.5 Å². The summed E-state index contributed by atoms with van der Waals surface area (Å²) in [4.78, 5) is 0. The third-order valence-corrected chi connectivity index (χ3v) is 3.94. The van der Waals surface area contributed by atoms with Gasteiger partial charge in [-0.05, 0) is 53.4 Å². The van der Waals surface area contributed by atoms with Gasteiger partial charge in [0.05, 0.1) is 5.02 Å². The average molecular weight is 275 g/mol. The van der Waals surface area contributed by atoms with Gasteiger partial charge in [-0.25, -0.2) is 0 Å². The molecule has 2 rings (SSSR count). The van der Waals surface area contributed by atoms with Gasteiger partial charge in [-0.1, -0.05) is 17.7 Å². The molecule has 0 aromatic heterocycles. The van der Waals surface area contributed by atoms with Crippen molar-refractivity contribution in [3.63, 3.8) is 0 Å². The minimum absolute atomic E-state index is 0.388. The van der Waals surface area contributed by atoms with E-state index in [0.717, 1.165) is 16.0 Å². The maximum absolute atomic E-state index is 6.00. The van der Waals surface area contributed by atoms with Crippen LogP contribution in [0.3, 0.4) is 0 Å². The molecule has 1 N–H and O–H groups in total. The second-order valence-corrected chi connectivity index (χ2v) is 5.42. The highest BCUT2D eigenvalue weighted by molar-refractivity contribution is 9.10. The monoisotopic (exact) mass is 273 g/mol. The quantitative estimate of drug-likeness (QED) is 0.885. The molecule has 1 aromatic rings. The first-order valence-corrected chi connectivity index (χ1v) is 5.95.